The van der Waals surface area contributed by atoms with Gasteiger partial charge >= 0.3 is 19.3 Å². The van der Waals surface area contributed by atoms with Gasteiger partial charge < -0.3 is 14.6 Å². The molecule has 0 radical (unpaired) electrons. The van der Waals surface area contributed by atoms with Crippen LogP contribution >= 0.6 is 19.8 Å². The lowest BCUT2D eigenvalue weighted by atomic mass is 9.91. The topological polar surface area (TPSA) is 93.1 Å². The summed E-state index contributed by atoms with van der Waals surface area (Å²) in [5, 5.41) is 7.27. The smallest absolute Gasteiger partial charge is 0.476 e. The molecule has 0 aliphatic rings. The van der Waals surface area contributed by atoms with Crippen molar-refractivity contribution in [2.45, 2.75) is 115 Å². The van der Waals surface area contributed by atoms with Crippen LogP contribution in [0.15, 0.2) is 30.3 Å². The Hall–Kier alpha value is -0.980. The van der Waals surface area contributed by atoms with Gasteiger partial charge in [0.1, 0.15) is 6.61 Å². The minimum Gasteiger partial charge on any atom is -0.476 e. The number of rotatable bonds is 24. The second-order valence-corrected chi connectivity index (χ2v) is 12.4. The van der Waals surface area contributed by atoms with Gasteiger partial charge in [-0.25, -0.2) is 4.79 Å². The minimum absolute atomic E-state index is 0.0946. The van der Waals surface area contributed by atoms with Crippen LogP contribution in [0.1, 0.15) is 109 Å². The molecular weight excluding hydrogens is 507 g/mol. The van der Waals surface area contributed by atoms with Crippen LogP contribution in [0.3, 0.4) is 0 Å². The van der Waals surface area contributed by atoms with Crippen molar-refractivity contribution >= 4 is 25.8 Å². The summed E-state index contributed by atoms with van der Waals surface area (Å²) in [4.78, 5) is 21.2. The second-order valence-electron chi connectivity index (χ2n) is 9.89. The monoisotopic (exact) mass is 557 g/mol. The number of thioether (sulfide) groups is 1. The highest BCUT2D eigenvalue weighted by Crippen LogP contribution is 2.38. The lowest BCUT2D eigenvalue weighted by Crippen LogP contribution is -2.44. The van der Waals surface area contributed by atoms with E-state index in [0.717, 1.165) is 19.3 Å². The predicted octanol–water partition coefficient (Wildman–Crippen LogP) is 8.16. The Labute approximate surface area is 230 Å². The van der Waals surface area contributed by atoms with Gasteiger partial charge in [-0.15, -0.1) is 0 Å². The van der Waals surface area contributed by atoms with Gasteiger partial charge in [0.05, 0.1) is 12.7 Å². The van der Waals surface area contributed by atoms with Crippen molar-refractivity contribution in [1.29, 1.82) is 0 Å². The van der Waals surface area contributed by atoms with E-state index in [-0.39, 0.29) is 12.7 Å². The number of benzene rings is 1. The van der Waals surface area contributed by atoms with Crippen molar-refractivity contribution in [3.8, 4) is 0 Å². The van der Waals surface area contributed by atoms with Crippen LogP contribution < -0.4 is 0 Å². The number of hydrogen-bond donors (Lipinski definition) is 2. The highest BCUT2D eigenvalue weighted by Gasteiger charge is 2.59. The first-order chi connectivity index (χ1) is 17.9. The van der Waals surface area contributed by atoms with E-state index in [4.69, 9.17) is 9.47 Å². The third-order valence-electron chi connectivity index (χ3n) is 6.69. The molecule has 0 saturated heterocycles. The van der Waals surface area contributed by atoms with Gasteiger partial charge in [-0.3, -0.25) is 0 Å². The Morgan fingerprint density at radius 1 is 0.946 bits per heavy atom. The molecule has 37 heavy (non-hydrogen) atoms. The summed E-state index contributed by atoms with van der Waals surface area (Å²) in [6.45, 7) is 5.63. The van der Waals surface area contributed by atoms with E-state index >= 15 is 0 Å². The van der Waals surface area contributed by atoms with E-state index in [2.05, 4.69) is 49.0 Å². The van der Waals surface area contributed by atoms with Crippen molar-refractivity contribution < 1.29 is 28.8 Å². The predicted molar refractivity (Wildman–Crippen MR) is 155 cm³/mol. The average Bonchev–Trinajstić information content (AvgIpc) is 2.89. The summed E-state index contributed by atoms with van der Waals surface area (Å²) in [6.07, 6.45) is 13.3. The van der Waals surface area contributed by atoms with E-state index in [1.54, 1.807) is 0 Å². The van der Waals surface area contributed by atoms with Crippen molar-refractivity contribution in [2.24, 2.45) is 0 Å². The van der Waals surface area contributed by atoms with Crippen LogP contribution in [0.25, 0.3) is 0 Å². The third kappa shape index (κ3) is 14.1. The molecule has 0 spiro atoms. The standard InChI is InChI=1S/C29H49O6PS/c1-4-6-17-27(26-18-13-11-14-19-26)20-23-37-22-15-10-8-7-9-12-16-25(3)34-24-29(28(30)31,36(32)33)35-21-5-2/h11,13-14,18-19,25,27H,4-10,12,15-17,20-24H2,1-3H3,(H-,30,31,32,33)/p+1. The molecule has 6 nitrogen and oxygen atoms in total. The van der Waals surface area contributed by atoms with Crippen LogP contribution in [-0.2, 0) is 18.8 Å². The van der Waals surface area contributed by atoms with Gasteiger partial charge in [0.25, 0.3) is 0 Å². The number of carboxylic acids is 1. The minimum atomic E-state index is -3.07. The Kier molecular flexibility index (Phi) is 19.2. The highest BCUT2D eigenvalue weighted by atomic mass is 32.2. The molecule has 4 atom stereocenters. The maximum absolute atomic E-state index is 11.7. The number of aliphatic carboxylic acids is 1. The quantitative estimate of drug-likeness (QED) is 0.0978. The van der Waals surface area contributed by atoms with Crippen LogP contribution in [0.4, 0.5) is 0 Å². The van der Waals surface area contributed by atoms with E-state index in [0.29, 0.717) is 12.3 Å². The SMILES string of the molecule is CCCCC(CCSCCCCCCCCC(C)OCC(OCCC)(C(=O)O)[P+](=O)O)c1ccccc1. The molecule has 212 valence electrons. The van der Waals surface area contributed by atoms with E-state index in [1.165, 1.54) is 68.4 Å². The molecule has 0 saturated carbocycles. The molecule has 0 amide bonds. The Bertz CT molecular complexity index is 718. The Balaban J connectivity index is 2.12. The summed E-state index contributed by atoms with van der Waals surface area (Å²) in [5.41, 5.74) is 1.49. The molecule has 8 heteroatoms. The molecule has 0 aromatic heterocycles. The Morgan fingerprint density at radius 2 is 1.62 bits per heavy atom. The fraction of sp³-hybridized carbons (Fsp3) is 0.759. The molecule has 1 rings (SSSR count). The van der Waals surface area contributed by atoms with Gasteiger partial charge in [-0.1, -0.05) is 89.1 Å². The normalized spacial score (nSPS) is 15.2. The zero-order chi connectivity index (χ0) is 27.4. The first kappa shape index (κ1) is 34.0. The molecule has 0 aliphatic heterocycles. The molecule has 2 N–H and O–H groups in total. The fourth-order valence-corrected chi connectivity index (χ4v) is 5.90. The first-order valence-electron chi connectivity index (χ1n) is 14.1. The van der Waals surface area contributed by atoms with E-state index in [1.807, 2.05) is 13.8 Å². The summed E-state index contributed by atoms with van der Waals surface area (Å²) < 4.78 is 22.6. The number of hydrogen-bond acceptors (Lipinski definition) is 5. The van der Waals surface area contributed by atoms with E-state index in [9.17, 15) is 19.4 Å². The van der Waals surface area contributed by atoms with Gasteiger partial charge in [-0.05, 0) is 66.6 Å². The van der Waals surface area contributed by atoms with Gasteiger partial charge in [0.15, 0.2) is 0 Å². The maximum Gasteiger partial charge on any atom is 0.556 e. The fourth-order valence-electron chi connectivity index (χ4n) is 4.29. The Morgan fingerprint density at radius 3 is 2.24 bits per heavy atom. The number of ether oxygens (including phenoxy) is 2. The van der Waals surface area contributed by atoms with Gasteiger partial charge in [0, 0.05) is 0 Å². The van der Waals surface area contributed by atoms with Crippen molar-refractivity contribution in [1.82, 2.24) is 0 Å². The van der Waals surface area contributed by atoms with Gasteiger partial charge in [0.2, 0.25) is 0 Å². The van der Waals surface area contributed by atoms with Crippen LogP contribution in [0, 0.1) is 0 Å². The molecule has 0 aliphatic carbocycles. The van der Waals surface area contributed by atoms with Gasteiger partial charge in [-0.2, -0.15) is 16.7 Å². The number of carbonyl (C=O) groups is 1. The lowest BCUT2D eigenvalue weighted by Gasteiger charge is -2.20. The number of carboxylic acid groups (broad SMARTS) is 1. The third-order valence-corrected chi connectivity index (χ3v) is 8.86. The van der Waals surface area contributed by atoms with Crippen LogP contribution in [0.2, 0.25) is 0 Å². The first-order valence-corrected chi connectivity index (χ1v) is 16.5. The zero-order valence-electron chi connectivity index (χ0n) is 23.2. The zero-order valence-corrected chi connectivity index (χ0v) is 24.9. The van der Waals surface area contributed by atoms with Crippen LogP contribution in [0.5, 0.6) is 0 Å². The lowest BCUT2D eigenvalue weighted by molar-refractivity contribution is -0.163. The van der Waals surface area contributed by atoms with Crippen molar-refractivity contribution in [2.75, 3.05) is 24.7 Å². The maximum atomic E-state index is 11.7. The van der Waals surface area contributed by atoms with Crippen molar-refractivity contribution in [3.05, 3.63) is 35.9 Å². The summed E-state index contributed by atoms with van der Waals surface area (Å²) in [7, 11) is -3.07. The largest absolute Gasteiger partial charge is 0.556 e. The second kappa shape index (κ2) is 20.9. The molecular formula is C29H50O6PS+. The molecule has 1 aromatic rings. The highest BCUT2D eigenvalue weighted by molar-refractivity contribution is 7.99. The molecule has 0 bridgehead atoms. The summed E-state index contributed by atoms with van der Waals surface area (Å²) in [5.74, 6) is 1.70. The molecule has 0 fully saturated rings. The van der Waals surface area contributed by atoms with E-state index < -0.39 is 25.9 Å². The average molecular weight is 558 g/mol. The van der Waals surface area contributed by atoms with Crippen molar-refractivity contribution in [3.63, 3.8) is 0 Å². The molecule has 1 aromatic carbocycles. The molecule has 0 heterocycles. The summed E-state index contributed by atoms with van der Waals surface area (Å²) >= 11 is 2.09. The molecule has 4 unspecified atom stereocenters. The van der Waals surface area contributed by atoms with Crippen LogP contribution in [-0.4, -0.2) is 52.1 Å². The summed E-state index contributed by atoms with van der Waals surface area (Å²) in [6, 6.07) is 11.0. The number of unbranched alkanes of at least 4 members (excludes halogenated alkanes) is 6.